The third-order valence-corrected chi connectivity index (χ3v) is 5.32. The third-order valence-electron chi connectivity index (χ3n) is 5.02. The molecule has 140 valence electrons. The minimum atomic E-state index is -0.812. The molecule has 2 fully saturated rings. The summed E-state index contributed by atoms with van der Waals surface area (Å²) in [6.45, 7) is -0.326. The molecule has 9 heteroatoms. The van der Waals surface area contributed by atoms with E-state index < -0.39 is 17.5 Å². The van der Waals surface area contributed by atoms with Gasteiger partial charge in [-0.25, -0.2) is 9.78 Å². The van der Waals surface area contributed by atoms with Crippen molar-refractivity contribution in [2.45, 2.75) is 31.2 Å². The monoisotopic (exact) mass is 387 g/mol. The molecule has 4 rings (SSSR count). The Kier molecular flexibility index (Phi) is 4.35. The van der Waals surface area contributed by atoms with Crippen LogP contribution in [-0.4, -0.2) is 44.4 Å². The fourth-order valence-corrected chi connectivity index (χ4v) is 3.96. The van der Waals surface area contributed by atoms with E-state index in [2.05, 4.69) is 15.6 Å². The molecule has 1 aliphatic carbocycles. The maximum Gasteiger partial charge on any atom is 0.325 e. The summed E-state index contributed by atoms with van der Waals surface area (Å²) in [7, 11) is 0. The molecule has 1 aromatic carbocycles. The molecule has 0 bridgehead atoms. The lowest BCUT2D eigenvalue weighted by Gasteiger charge is -2.19. The largest absolute Gasteiger partial charge is 0.325 e. The molecule has 2 N–H and O–H groups in total. The number of hydrogen-bond acceptors (Lipinski definition) is 4. The predicted molar refractivity (Wildman–Crippen MR) is 98.6 cm³/mol. The molecular formula is C18H18ClN5O3. The smallest absolute Gasteiger partial charge is 0.324 e. The zero-order valence-electron chi connectivity index (χ0n) is 14.4. The Labute approximate surface area is 160 Å². The number of rotatable bonds is 4. The number of carbonyl (C=O) groups excluding carboxylic acids is 3. The van der Waals surface area contributed by atoms with Crippen molar-refractivity contribution >= 4 is 35.1 Å². The zero-order chi connectivity index (χ0) is 19.0. The molecule has 1 spiro atoms. The lowest BCUT2D eigenvalue weighted by atomic mass is 9.98. The van der Waals surface area contributed by atoms with E-state index in [1.54, 1.807) is 41.5 Å². The van der Waals surface area contributed by atoms with Crippen LogP contribution in [0, 0.1) is 0 Å². The van der Waals surface area contributed by atoms with Gasteiger partial charge in [-0.05, 0) is 31.0 Å². The number of carbonyl (C=O) groups is 3. The van der Waals surface area contributed by atoms with Crippen molar-refractivity contribution in [3.05, 3.63) is 41.9 Å². The standard InChI is InChI=1S/C18H18ClN5O3/c19-13-9-12(3-4-14(13)23-8-7-20-11-23)21-15(25)10-24-16(26)18(22-17(24)27)5-1-2-6-18/h3-4,7-9,11H,1-2,5-6,10H2,(H,21,25)(H,22,27). The van der Waals surface area contributed by atoms with Gasteiger partial charge in [-0.1, -0.05) is 24.4 Å². The number of aromatic nitrogens is 2. The van der Waals surface area contributed by atoms with Gasteiger partial charge in [0, 0.05) is 18.1 Å². The number of nitrogens with zero attached hydrogens (tertiary/aromatic N) is 3. The first-order valence-electron chi connectivity index (χ1n) is 8.70. The van der Waals surface area contributed by atoms with Crippen LogP contribution < -0.4 is 10.6 Å². The van der Waals surface area contributed by atoms with Crippen LogP contribution in [0.15, 0.2) is 36.9 Å². The molecular weight excluding hydrogens is 370 g/mol. The quantitative estimate of drug-likeness (QED) is 0.787. The summed E-state index contributed by atoms with van der Waals surface area (Å²) in [5, 5.41) is 5.87. The van der Waals surface area contributed by atoms with Crippen molar-refractivity contribution in [1.82, 2.24) is 19.8 Å². The summed E-state index contributed by atoms with van der Waals surface area (Å²) in [5.41, 5.74) is 0.397. The number of halogens is 1. The van der Waals surface area contributed by atoms with Crippen LogP contribution in [0.25, 0.3) is 5.69 Å². The van der Waals surface area contributed by atoms with E-state index in [1.807, 2.05) is 0 Å². The number of anilines is 1. The molecule has 1 saturated heterocycles. The van der Waals surface area contributed by atoms with Crippen molar-refractivity contribution in [2.75, 3.05) is 11.9 Å². The molecule has 1 saturated carbocycles. The average molecular weight is 388 g/mol. The summed E-state index contributed by atoms with van der Waals surface area (Å²) in [4.78, 5) is 42.0. The van der Waals surface area contributed by atoms with Crippen molar-refractivity contribution in [1.29, 1.82) is 0 Å². The van der Waals surface area contributed by atoms with Crippen LogP contribution >= 0.6 is 11.6 Å². The highest BCUT2D eigenvalue weighted by Crippen LogP contribution is 2.35. The molecule has 2 aromatic rings. The zero-order valence-corrected chi connectivity index (χ0v) is 15.2. The van der Waals surface area contributed by atoms with Crippen molar-refractivity contribution in [3.63, 3.8) is 0 Å². The van der Waals surface area contributed by atoms with Crippen molar-refractivity contribution in [3.8, 4) is 5.69 Å². The van der Waals surface area contributed by atoms with Gasteiger partial charge in [-0.15, -0.1) is 0 Å². The van der Waals surface area contributed by atoms with Gasteiger partial charge in [0.05, 0.1) is 17.0 Å². The van der Waals surface area contributed by atoms with Crippen molar-refractivity contribution < 1.29 is 14.4 Å². The number of hydrogen-bond donors (Lipinski definition) is 2. The Morgan fingerprint density at radius 1 is 1.30 bits per heavy atom. The molecule has 0 radical (unpaired) electrons. The van der Waals surface area contributed by atoms with Crippen LogP contribution in [0.5, 0.6) is 0 Å². The molecule has 1 aliphatic heterocycles. The summed E-state index contributed by atoms with van der Waals surface area (Å²) in [6, 6.07) is 4.55. The number of amides is 4. The normalized spacial score (nSPS) is 18.2. The fraction of sp³-hybridized carbons (Fsp3) is 0.333. The maximum absolute atomic E-state index is 12.6. The van der Waals surface area contributed by atoms with E-state index in [4.69, 9.17) is 11.6 Å². The molecule has 27 heavy (non-hydrogen) atoms. The van der Waals surface area contributed by atoms with Crippen LogP contribution in [0.4, 0.5) is 10.5 Å². The van der Waals surface area contributed by atoms with E-state index in [0.29, 0.717) is 23.6 Å². The Bertz CT molecular complexity index is 906. The second kappa shape index (κ2) is 6.70. The van der Waals surface area contributed by atoms with E-state index in [0.717, 1.165) is 23.4 Å². The van der Waals surface area contributed by atoms with Gasteiger partial charge >= 0.3 is 6.03 Å². The number of imide groups is 1. The Hall–Kier alpha value is -2.87. The molecule has 4 amide bonds. The third kappa shape index (κ3) is 3.16. The average Bonchev–Trinajstić information content (AvgIpc) is 3.35. The van der Waals surface area contributed by atoms with Gasteiger partial charge in [0.15, 0.2) is 0 Å². The highest BCUT2D eigenvalue weighted by molar-refractivity contribution is 6.32. The molecule has 0 atom stereocenters. The number of nitrogens with one attached hydrogen (secondary N) is 2. The van der Waals surface area contributed by atoms with Gasteiger partial charge in [0.1, 0.15) is 12.1 Å². The summed E-state index contributed by atoms with van der Waals surface area (Å²) in [6.07, 6.45) is 8.07. The highest BCUT2D eigenvalue weighted by atomic mass is 35.5. The second-order valence-corrected chi connectivity index (χ2v) is 7.20. The van der Waals surface area contributed by atoms with Gasteiger partial charge in [0.25, 0.3) is 5.91 Å². The van der Waals surface area contributed by atoms with Crippen molar-refractivity contribution in [2.24, 2.45) is 0 Å². The molecule has 8 nitrogen and oxygen atoms in total. The van der Waals surface area contributed by atoms with Crippen LogP contribution in [0.2, 0.25) is 5.02 Å². The Morgan fingerprint density at radius 3 is 2.74 bits per heavy atom. The lowest BCUT2D eigenvalue weighted by molar-refractivity contribution is -0.133. The van der Waals surface area contributed by atoms with E-state index in [-0.39, 0.29) is 12.5 Å². The topological polar surface area (TPSA) is 96.3 Å². The summed E-state index contributed by atoms with van der Waals surface area (Å²) >= 11 is 6.27. The van der Waals surface area contributed by atoms with E-state index >= 15 is 0 Å². The lowest BCUT2D eigenvalue weighted by Crippen LogP contribution is -2.44. The first-order chi connectivity index (χ1) is 13.0. The Morgan fingerprint density at radius 2 is 2.07 bits per heavy atom. The fourth-order valence-electron chi connectivity index (χ4n) is 3.68. The molecule has 2 heterocycles. The van der Waals surface area contributed by atoms with Gasteiger partial charge in [-0.2, -0.15) is 0 Å². The number of urea groups is 1. The molecule has 2 aliphatic rings. The number of benzene rings is 1. The first-order valence-corrected chi connectivity index (χ1v) is 9.08. The van der Waals surface area contributed by atoms with Gasteiger partial charge in [0.2, 0.25) is 5.91 Å². The predicted octanol–water partition coefficient (Wildman–Crippen LogP) is 2.33. The van der Waals surface area contributed by atoms with Crippen LogP contribution in [0.1, 0.15) is 25.7 Å². The first kappa shape index (κ1) is 17.5. The molecule has 0 unspecified atom stereocenters. The SMILES string of the molecule is O=C(CN1C(=O)NC2(CCCC2)C1=O)Nc1ccc(-n2ccnc2)c(Cl)c1. The van der Waals surface area contributed by atoms with E-state index in [9.17, 15) is 14.4 Å². The maximum atomic E-state index is 12.6. The molecule has 1 aromatic heterocycles. The summed E-state index contributed by atoms with van der Waals surface area (Å²) in [5.74, 6) is -0.770. The van der Waals surface area contributed by atoms with Gasteiger partial charge < -0.3 is 15.2 Å². The Balaban J connectivity index is 1.43. The highest BCUT2D eigenvalue weighted by Gasteiger charge is 2.52. The van der Waals surface area contributed by atoms with Crippen LogP contribution in [0.3, 0.4) is 0 Å². The minimum Gasteiger partial charge on any atom is -0.324 e. The minimum absolute atomic E-state index is 0.311. The van der Waals surface area contributed by atoms with E-state index in [1.165, 1.54) is 0 Å². The second-order valence-electron chi connectivity index (χ2n) is 6.79. The van der Waals surface area contributed by atoms with Crippen LogP contribution in [-0.2, 0) is 9.59 Å². The number of imidazole rings is 1. The van der Waals surface area contributed by atoms with Gasteiger partial charge in [-0.3, -0.25) is 14.5 Å². The summed E-state index contributed by atoms with van der Waals surface area (Å²) < 4.78 is 1.75.